The normalized spacial score (nSPS) is 26.1. The van der Waals surface area contributed by atoms with E-state index in [1.165, 1.54) is 0 Å². The Hall–Kier alpha value is -5.06. The van der Waals surface area contributed by atoms with Crippen LogP contribution in [0.15, 0.2) is 97.1 Å². The molecule has 0 radical (unpaired) electrons. The van der Waals surface area contributed by atoms with Crippen molar-refractivity contribution in [3.63, 3.8) is 0 Å². The van der Waals surface area contributed by atoms with E-state index in [1.807, 2.05) is 18.2 Å². The van der Waals surface area contributed by atoms with Crippen LogP contribution in [0.4, 0.5) is 0 Å². The lowest BCUT2D eigenvalue weighted by molar-refractivity contribution is -0.277. The highest BCUT2D eigenvalue weighted by molar-refractivity contribution is 5.96. The molecule has 10 unspecified atom stereocenters. The fourth-order valence-electron chi connectivity index (χ4n) is 6.75. The van der Waals surface area contributed by atoms with Gasteiger partial charge in [0.2, 0.25) is 12.6 Å². The van der Waals surface area contributed by atoms with Gasteiger partial charge in [-0.25, -0.2) is 0 Å². The molecular weight excluding hydrogens is 812 g/mol. The van der Waals surface area contributed by atoms with Crippen molar-refractivity contribution in [2.75, 3.05) is 52.7 Å². The van der Waals surface area contributed by atoms with E-state index in [1.54, 1.807) is 78.9 Å². The molecule has 334 valence electrons. The Morgan fingerprint density at radius 2 is 0.919 bits per heavy atom. The first-order valence-electron chi connectivity index (χ1n) is 20.0. The van der Waals surface area contributed by atoms with Crippen LogP contribution in [0.2, 0.25) is 0 Å². The van der Waals surface area contributed by atoms with E-state index >= 15 is 0 Å². The molecule has 4 aromatic carbocycles. The molecule has 18 heteroatoms. The fraction of sp³-hybridized carbons (Fsp3) is 0.409. The van der Waals surface area contributed by atoms with Crippen molar-refractivity contribution >= 4 is 11.8 Å². The average molecular weight is 865 g/mol. The monoisotopic (exact) mass is 864 g/mol. The standard InChI is InChI=1S/C44H52N2O16/c47-23-33-35(49)37(51)39(53)43(61-33)59-31-12-10-25(11-13-31)26-4-1-7-29(20-26)41(55)45-14-16-57-18-19-58-17-15-46-42(56)30-8-2-5-27(21-30)28-6-3-9-32(22-28)60-44-40(54)38(52)36(50)34(24-48)62-44/h1-13,20-22,33-40,43-44,47-54H,14-19,23-24H2,(H,45,55)(H,46,56). The van der Waals surface area contributed by atoms with Crippen LogP contribution in [-0.2, 0) is 18.9 Å². The summed E-state index contributed by atoms with van der Waals surface area (Å²) in [4.78, 5) is 25.7. The van der Waals surface area contributed by atoms with E-state index in [4.69, 9.17) is 28.4 Å². The Kier molecular flexibility index (Phi) is 16.7. The SMILES string of the molecule is O=C(NCCOCCOCCNC(=O)c1cccc(-c2cccc(OC3OC(CO)C(O)C(O)C3O)c2)c1)c1cccc(-c2ccc(OC3OC(CO)C(O)C(O)C3O)cc2)c1. The summed E-state index contributed by atoms with van der Waals surface area (Å²) in [7, 11) is 0. The molecule has 0 bridgehead atoms. The summed E-state index contributed by atoms with van der Waals surface area (Å²) in [6, 6.07) is 27.5. The molecule has 0 saturated carbocycles. The maximum absolute atomic E-state index is 12.9. The van der Waals surface area contributed by atoms with E-state index < -0.39 is 74.6 Å². The van der Waals surface area contributed by atoms with Crippen LogP contribution in [0.25, 0.3) is 22.3 Å². The fourth-order valence-corrected chi connectivity index (χ4v) is 6.75. The van der Waals surface area contributed by atoms with Gasteiger partial charge in [-0.05, 0) is 70.8 Å². The minimum absolute atomic E-state index is 0.243. The molecule has 62 heavy (non-hydrogen) atoms. The molecular formula is C44H52N2O16. The minimum Gasteiger partial charge on any atom is -0.462 e. The van der Waals surface area contributed by atoms with E-state index in [9.17, 15) is 50.4 Å². The molecule has 10 N–H and O–H groups in total. The Morgan fingerprint density at radius 1 is 0.484 bits per heavy atom. The molecule has 18 nitrogen and oxygen atoms in total. The second-order valence-corrected chi connectivity index (χ2v) is 14.6. The highest BCUT2D eigenvalue weighted by atomic mass is 16.7. The molecule has 2 amide bonds. The zero-order valence-corrected chi connectivity index (χ0v) is 33.5. The number of hydrogen-bond donors (Lipinski definition) is 10. The number of carbonyl (C=O) groups excluding carboxylic acids is 2. The third-order valence-corrected chi connectivity index (χ3v) is 10.2. The molecule has 2 heterocycles. The quantitative estimate of drug-likeness (QED) is 0.0536. The summed E-state index contributed by atoms with van der Waals surface area (Å²) >= 11 is 0. The summed E-state index contributed by atoms with van der Waals surface area (Å²) in [5.74, 6) is 0.0192. The first-order valence-corrected chi connectivity index (χ1v) is 20.0. The zero-order valence-electron chi connectivity index (χ0n) is 33.5. The third-order valence-electron chi connectivity index (χ3n) is 10.2. The Bertz CT molecular complexity index is 2050. The van der Waals surface area contributed by atoms with Crippen molar-refractivity contribution in [3.8, 4) is 33.8 Å². The van der Waals surface area contributed by atoms with Crippen LogP contribution < -0.4 is 20.1 Å². The summed E-state index contributed by atoms with van der Waals surface area (Å²) in [6.45, 7) is 0.409. The smallest absolute Gasteiger partial charge is 0.251 e. The summed E-state index contributed by atoms with van der Waals surface area (Å²) in [5.41, 5.74) is 3.81. The van der Waals surface area contributed by atoms with Gasteiger partial charge in [0.05, 0.1) is 39.6 Å². The van der Waals surface area contributed by atoms with Crippen molar-refractivity contribution < 1.29 is 78.9 Å². The molecule has 4 aromatic rings. The average Bonchev–Trinajstić information content (AvgIpc) is 3.30. The van der Waals surface area contributed by atoms with Crippen molar-refractivity contribution in [1.82, 2.24) is 10.6 Å². The van der Waals surface area contributed by atoms with Gasteiger partial charge in [-0.1, -0.05) is 48.5 Å². The van der Waals surface area contributed by atoms with Crippen LogP contribution in [0.3, 0.4) is 0 Å². The lowest BCUT2D eigenvalue weighted by Gasteiger charge is -2.39. The highest BCUT2D eigenvalue weighted by Gasteiger charge is 2.45. The highest BCUT2D eigenvalue weighted by Crippen LogP contribution is 2.30. The summed E-state index contributed by atoms with van der Waals surface area (Å²) < 4.78 is 33.4. The van der Waals surface area contributed by atoms with E-state index in [0.29, 0.717) is 33.8 Å². The number of hydrogen-bond acceptors (Lipinski definition) is 16. The van der Waals surface area contributed by atoms with Gasteiger partial charge >= 0.3 is 0 Å². The van der Waals surface area contributed by atoms with E-state index in [2.05, 4.69) is 10.6 Å². The van der Waals surface area contributed by atoms with Crippen LogP contribution in [0.5, 0.6) is 11.5 Å². The maximum atomic E-state index is 12.9. The zero-order chi connectivity index (χ0) is 44.2. The number of aliphatic hydroxyl groups excluding tert-OH is 8. The van der Waals surface area contributed by atoms with Gasteiger partial charge in [0.15, 0.2) is 0 Å². The number of amides is 2. The van der Waals surface area contributed by atoms with E-state index in [-0.39, 0.29) is 51.3 Å². The first-order chi connectivity index (χ1) is 30.0. The Labute approximate surface area is 356 Å². The van der Waals surface area contributed by atoms with Gasteiger partial charge in [0.25, 0.3) is 11.8 Å². The molecule has 2 aliphatic rings. The van der Waals surface area contributed by atoms with Crippen molar-refractivity contribution in [1.29, 1.82) is 0 Å². The molecule has 0 spiro atoms. The molecule has 0 aliphatic carbocycles. The van der Waals surface area contributed by atoms with E-state index in [0.717, 1.165) is 11.1 Å². The Morgan fingerprint density at radius 3 is 1.40 bits per heavy atom. The lowest BCUT2D eigenvalue weighted by Crippen LogP contribution is -2.60. The lowest BCUT2D eigenvalue weighted by atomic mass is 9.99. The molecule has 2 saturated heterocycles. The predicted molar refractivity (Wildman–Crippen MR) is 219 cm³/mol. The van der Waals surface area contributed by atoms with Gasteiger partial charge in [0.1, 0.15) is 60.3 Å². The third kappa shape index (κ3) is 11.9. The van der Waals surface area contributed by atoms with Gasteiger partial charge < -0.3 is 79.9 Å². The first kappa shape index (κ1) is 46.4. The van der Waals surface area contributed by atoms with Crippen LogP contribution in [-0.4, -0.2) is 167 Å². The molecule has 6 rings (SSSR count). The molecule has 2 fully saturated rings. The second kappa shape index (κ2) is 22.3. The van der Waals surface area contributed by atoms with Gasteiger partial charge in [-0.15, -0.1) is 0 Å². The van der Waals surface area contributed by atoms with Crippen LogP contribution in [0, 0.1) is 0 Å². The number of carbonyl (C=O) groups is 2. The van der Waals surface area contributed by atoms with Crippen LogP contribution >= 0.6 is 0 Å². The maximum Gasteiger partial charge on any atom is 0.251 e. The van der Waals surface area contributed by atoms with Gasteiger partial charge in [-0.2, -0.15) is 0 Å². The van der Waals surface area contributed by atoms with Crippen LogP contribution in [0.1, 0.15) is 20.7 Å². The number of aliphatic hydroxyl groups is 8. The van der Waals surface area contributed by atoms with Crippen molar-refractivity contribution in [2.24, 2.45) is 0 Å². The number of ether oxygens (including phenoxy) is 6. The topological polar surface area (TPSA) is 275 Å². The van der Waals surface area contributed by atoms with Gasteiger partial charge in [-0.3, -0.25) is 9.59 Å². The summed E-state index contributed by atoms with van der Waals surface area (Å²) in [5, 5.41) is 85.2. The van der Waals surface area contributed by atoms with Crippen molar-refractivity contribution in [3.05, 3.63) is 108 Å². The van der Waals surface area contributed by atoms with Crippen molar-refractivity contribution in [2.45, 2.75) is 61.4 Å². The molecule has 2 aliphatic heterocycles. The Balaban J connectivity index is 0.858. The number of rotatable bonds is 19. The largest absolute Gasteiger partial charge is 0.462 e. The second-order valence-electron chi connectivity index (χ2n) is 14.6. The molecule has 0 aromatic heterocycles. The number of nitrogens with one attached hydrogen (secondary N) is 2. The predicted octanol–water partition coefficient (Wildman–Crippen LogP) is -0.429. The molecule has 10 atom stereocenters. The minimum atomic E-state index is -1.57. The number of benzene rings is 4. The summed E-state index contributed by atoms with van der Waals surface area (Å²) in [6.07, 6.45) is -14.0. The van der Waals surface area contributed by atoms with Gasteiger partial charge in [0, 0.05) is 24.2 Å².